The normalized spacial score (nSPS) is 13.1. The highest BCUT2D eigenvalue weighted by Gasteiger charge is 2.14. The molecule has 0 amide bonds. The summed E-state index contributed by atoms with van der Waals surface area (Å²) in [4.78, 5) is 10.8. The topological polar surface area (TPSA) is 62.5 Å². The molecule has 1 aromatic heterocycles. The molecular weight excluding hydrogens is 278 g/mol. The van der Waals surface area contributed by atoms with Crippen molar-refractivity contribution in [3.05, 3.63) is 47.7 Å². The van der Waals surface area contributed by atoms with Gasteiger partial charge in [-0.2, -0.15) is 0 Å². The minimum Gasteiger partial charge on any atom is -0.480 e. The summed E-state index contributed by atoms with van der Waals surface area (Å²) in [7, 11) is 0. The van der Waals surface area contributed by atoms with Crippen LogP contribution in [-0.4, -0.2) is 17.1 Å². The summed E-state index contributed by atoms with van der Waals surface area (Å²) in [6.45, 7) is 8.55. The van der Waals surface area contributed by atoms with Crippen molar-refractivity contribution in [3.63, 3.8) is 0 Å². The Balaban J connectivity index is 2.06. The summed E-state index contributed by atoms with van der Waals surface area (Å²) in [5, 5.41) is 11.7. The molecule has 0 bridgehead atoms. The van der Waals surface area contributed by atoms with Gasteiger partial charge in [0.25, 0.3) is 0 Å². The lowest BCUT2D eigenvalue weighted by atomic mass is 9.86. The quantitative estimate of drug-likeness (QED) is 0.881. The molecule has 2 N–H and O–H groups in total. The van der Waals surface area contributed by atoms with Crippen molar-refractivity contribution in [2.45, 2.75) is 45.7 Å². The number of furan rings is 1. The Morgan fingerprint density at radius 1 is 1.18 bits per heavy atom. The fourth-order valence-corrected chi connectivity index (χ4v) is 2.10. The zero-order valence-corrected chi connectivity index (χ0v) is 13.5. The van der Waals surface area contributed by atoms with Crippen LogP contribution in [0.15, 0.2) is 40.8 Å². The van der Waals surface area contributed by atoms with Crippen LogP contribution < -0.4 is 5.32 Å². The largest absolute Gasteiger partial charge is 0.480 e. The fourth-order valence-electron chi connectivity index (χ4n) is 2.10. The van der Waals surface area contributed by atoms with Gasteiger partial charge in [0, 0.05) is 5.56 Å². The maximum Gasteiger partial charge on any atom is 0.320 e. The van der Waals surface area contributed by atoms with E-state index in [1.54, 1.807) is 6.92 Å². The van der Waals surface area contributed by atoms with Crippen molar-refractivity contribution >= 4 is 5.97 Å². The van der Waals surface area contributed by atoms with E-state index in [9.17, 15) is 4.79 Å². The van der Waals surface area contributed by atoms with Crippen molar-refractivity contribution in [2.24, 2.45) is 0 Å². The summed E-state index contributed by atoms with van der Waals surface area (Å²) < 4.78 is 5.77. The van der Waals surface area contributed by atoms with Crippen molar-refractivity contribution in [1.82, 2.24) is 5.32 Å². The Morgan fingerprint density at radius 3 is 2.36 bits per heavy atom. The monoisotopic (exact) mass is 301 g/mol. The van der Waals surface area contributed by atoms with Gasteiger partial charge in [-0.1, -0.05) is 45.0 Å². The van der Waals surface area contributed by atoms with Crippen LogP contribution in [0, 0.1) is 0 Å². The smallest absolute Gasteiger partial charge is 0.320 e. The molecule has 0 aliphatic rings. The molecular formula is C18H23NO3. The lowest BCUT2D eigenvalue weighted by Gasteiger charge is -2.18. The highest BCUT2D eigenvalue weighted by atomic mass is 16.4. The van der Waals surface area contributed by atoms with Gasteiger partial charge in [-0.05, 0) is 30.0 Å². The van der Waals surface area contributed by atoms with Gasteiger partial charge in [-0.15, -0.1) is 0 Å². The fraction of sp³-hybridized carbons (Fsp3) is 0.389. The Kier molecular flexibility index (Phi) is 4.71. The molecule has 22 heavy (non-hydrogen) atoms. The molecule has 0 saturated heterocycles. The summed E-state index contributed by atoms with van der Waals surface area (Å²) in [6.07, 6.45) is 0. The van der Waals surface area contributed by atoms with Gasteiger partial charge in [0.1, 0.15) is 17.6 Å². The third-order valence-corrected chi connectivity index (χ3v) is 3.65. The maximum atomic E-state index is 10.8. The number of benzene rings is 1. The molecule has 1 aromatic carbocycles. The summed E-state index contributed by atoms with van der Waals surface area (Å²) in [5.74, 6) is 0.646. The molecule has 0 aliphatic heterocycles. The average Bonchev–Trinajstić information content (AvgIpc) is 2.92. The second-order valence-corrected chi connectivity index (χ2v) is 6.53. The van der Waals surface area contributed by atoms with Crippen LogP contribution in [-0.2, 0) is 16.8 Å². The third kappa shape index (κ3) is 3.98. The standard InChI is InChI=1S/C18H23NO3/c1-12(17(20)21)19-11-15-9-10-16(22-15)13-5-7-14(8-6-13)18(2,3)4/h5-10,12,19H,11H2,1-4H3,(H,20,21)/t12-/m0/s1. The lowest BCUT2D eigenvalue weighted by molar-refractivity contribution is -0.139. The van der Waals surface area contributed by atoms with Crippen LogP contribution in [0.5, 0.6) is 0 Å². The molecule has 1 heterocycles. The van der Waals surface area contributed by atoms with Crippen molar-refractivity contribution in [2.75, 3.05) is 0 Å². The summed E-state index contributed by atoms with van der Waals surface area (Å²) in [5.41, 5.74) is 2.43. The number of aliphatic carboxylic acids is 1. The van der Waals surface area contributed by atoms with Crippen LogP contribution in [0.1, 0.15) is 39.0 Å². The molecule has 0 aliphatic carbocycles. The van der Waals surface area contributed by atoms with E-state index in [4.69, 9.17) is 9.52 Å². The lowest BCUT2D eigenvalue weighted by Crippen LogP contribution is -2.32. The Bertz CT molecular complexity index is 635. The second-order valence-electron chi connectivity index (χ2n) is 6.53. The number of carbonyl (C=O) groups is 1. The summed E-state index contributed by atoms with van der Waals surface area (Å²) >= 11 is 0. The molecule has 4 nitrogen and oxygen atoms in total. The molecule has 0 radical (unpaired) electrons. The number of nitrogens with one attached hydrogen (secondary N) is 1. The van der Waals surface area contributed by atoms with Crippen LogP contribution in [0.25, 0.3) is 11.3 Å². The molecule has 4 heteroatoms. The number of carboxylic acids is 1. The maximum absolute atomic E-state index is 10.8. The minimum atomic E-state index is -0.871. The number of hydrogen-bond acceptors (Lipinski definition) is 3. The van der Waals surface area contributed by atoms with E-state index >= 15 is 0 Å². The van der Waals surface area contributed by atoms with Gasteiger partial charge < -0.3 is 9.52 Å². The molecule has 0 saturated carbocycles. The van der Waals surface area contributed by atoms with Gasteiger partial charge in [0.2, 0.25) is 0 Å². The van der Waals surface area contributed by atoms with Gasteiger partial charge in [0.15, 0.2) is 0 Å². The van der Waals surface area contributed by atoms with E-state index in [0.29, 0.717) is 6.54 Å². The van der Waals surface area contributed by atoms with Crippen molar-refractivity contribution in [1.29, 1.82) is 0 Å². The predicted molar refractivity (Wildman–Crippen MR) is 86.8 cm³/mol. The average molecular weight is 301 g/mol. The third-order valence-electron chi connectivity index (χ3n) is 3.65. The van der Waals surface area contributed by atoms with Gasteiger partial charge in [-0.3, -0.25) is 10.1 Å². The van der Waals surface area contributed by atoms with E-state index in [1.165, 1.54) is 5.56 Å². The Morgan fingerprint density at radius 2 is 1.82 bits per heavy atom. The number of carboxylic acid groups (broad SMARTS) is 1. The zero-order chi connectivity index (χ0) is 16.3. The predicted octanol–water partition coefficient (Wildman–Crippen LogP) is 3.81. The molecule has 118 valence electrons. The van der Waals surface area contributed by atoms with Crippen molar-refractivity contribution < 1.29 is 14.3 Å². The number of hydrogen-bond donors (Lipinski definition) is 2. The SMILES string of the molecule is C[C@H](NCc1ccc(-c2ccc(C(C)(C)C)cc2)o1)C(=O)O. The van der Waals surface area contributed by atoms with Gasteiger partial charge in [-0.25, -0.2) is 0 Å². The summed E-state index contributed by atoms with van der Waals surface area (Å²) in [6, 6.07) is 11.5. The van der Waals surface area contributed by atoms with Gasteiger partial charge >= 0.3 is 5.97 Å². The molecule has 0 fully saturated rings. The van der Waals surface area contributed by atoms with E-state index < -0.39 is 12.0 Å². The van der Waals surface area contributed by atoms with E-state index in [-0.39, 0.29) is 5.41 Å². The zero-order valence-electron chi connectivity index (χ0n) is 13.5. The van der Waals surface area contributed by atoms with E-state index in [1.807, 2.05) is 12.1 Å². The first-order valence-corrected chi connectivity index (χ1v) is 7.43. The van der Waals surface area contributed by atoms with Crippen molar-refractivity contribution in [3.8, 4) is 11.3 Å². The Hall–Kier alpha value is -2.07. The van der Waals surface area contributed by atoms with E-state index in [2.05, 4.69) is 50.4 Å². The second kappa shape index (κ2) is 6.36. The minimum absolute atomic E-state index is 0.129. The van der Waals surface area contributed by atoms with E-state index in [0.717, 1.165) is 17.1 Å². The highest BCUT2D eigenvalue weighted by Crippen LogP contribution is 2.27. The molecule has 1 atom stereocenters. The Labute approximate surface area is 131 Å². The molecule has 2 aromatic rings. The molecule has 0 spiro atoms. The first-order chi connectivity index (χ1) is 10.3. The highest BCUT2D eigenvalue weighted by molar-refractivity contribution is 5.72. The first-order valence-electron chi connectivity index (χ1n) is 7.43. The van der Waals surface area contributed by atoms with Crippen LogP contribution in [0.2, 0.25) is 0 Å². The molecule has 0 unspecified atom stereocenters. The van der Waals surface area contributed by atoms with Gasteiger partial charge in [0.05, 0.1) is 6.54 Å². The first kappa shape index (κ1) is 16.3. The van der Waals surface area contributed by atoms with Crippen LogP contribution >= 0.6 is 0 Å². The number of rotatable bonds is 5. The van der Waals surface area contributed by atoms with Crippen LogP contribution in [0.4, 0.5) is 0 Å². The molecule has 2 rings (SSSR count). The van der Waals surface area contributed by atoms with Crippen LogP contribution in [0.3, 0.4) is 0 Å².